The molecule has 9 aromatic carbocycles. The van der Waals surface area contributed by atoms with E-state index in [2.05, 4.69) is 225 Å². The van der Waals surface area contributed by atoms with Gasteiger partial charge in [-0.25, -0.2) is 15.0 Å². The van der Waals surface area contributed by atoms with Gasteiger partial charge >= 0.3 is 0 Å². The fraction of sp³-hybridized carbons (Fsp3) is 0.0172. The smallest absolute Gasteiger partial charge is 0.188 e. The quantitative estimate of drug-likeness (QED) is 0.152. The Kier molecular flexibility index (Phi) is 9.33. The van der Waals surface area contributed by atoms with Gasteiger partial charge < -0.3 is 9.47 Å². The molecule has 5 nitrogen and oxygen atoms in total. The molecule has 0 unspecified atom stereocenters. The Hall–Kier alpha value is -7.98. The molecule has 0 aliphatic carbocycles. The van der Waals surface area contributed by atoms with Crippen molar-refractivity contribution in [3.63, 3.8) is 0 Å². The number of fused-ring (bicyclic) bond motifs is 4. The van der Waals surface area contributed by atoms with Crippen molar-refractivity contribution in [3.8, 4) is 57.2 Å². The maximum Gasteiger partial charge on any atom is 0.188 e. The molecule has 0 saturated carbocycles. The number of aromatic nitrogens is 3. The zero-order valence-electron chi connectivity index (χ0n) is 35.6. The zero-order valence-corrected chi connectivity index (χ0v) is 37.6. The molecule has 7 heteroatoms. The van der Waals surface area contributed by atoms with Crippen molar-refractivity contribution < 1.29 is 9.47 Å². The molecular weight excluding hydrogens is 827 g/mol. The van der Waals surface area contributed by atoms with Crippen molar-refractivity contribution in [2.45, 2.75) is 6.92 Å². The molecule has 12 rings (SSSR count). The van der Waals surface area contributed by atoms with Crippen molar-refractivity contribution >= 4 is 57.6 Å². The Labute approximate surface area is 380 Å². The van der Waals surface area contributed by atoms with Gasteiger partial charge in [0.05, 0.1) is 11.1 Å². The van der Waals surface area contributed by atoms with E-state index in [9.17, 15) is 0 Å². The summed E-state index contributed by atoms with van der Waals surface area (Å²) in [7, 11) is -5.90. The van der Waals surface area contributed by atoms with Gasteiger partial charge in [-0.3, -0.25) is 0 Å². The van der Waals surface area contributed by atoms with Crippen LogP contribution in [0.5, 0.6) is 23.0 Å². The number of aryl methyl sites for hydroxylation is 1. The third-order valence-corrected chi connectivity index (χ3v) is 22.8. The maximum atomic E-state index is 7.15. The van der Waals surface area contributed by atoms with Gasteiger partial charge in [0.2, 0.25) is 0 Å². The van der Waals surface area contributed by atoms with Crippen molar-refractivity contribution in [2.75, 3.05) is 0 Å². The first kappa shape index (κ1) is 38.7. The summed E-state index contributed by atoms with van der Waals surface area (Å²) in [4.78, 5) is 16.2. The van der Waals surface area contributed by atoms with Crippen molar-refractivity contribution in [1.29, 1.82) is 0 Å². The summed E-state index contributed by atoms with van der Waals surface area (Å²) < 4.78 is 14.3. The van der Waals surface area contributed by atoms with Crippen LogP contribution in [-0.4, -0.2) is 31.1 Å². The number of nitrogens with zero attached hydrogens (tertiary/aromatic N) is 3. The van der Waals surface area contributed by atoms with Gasteiger partial charge in [0.25, 0.3) is 0 Å². The number of hydrogen-bond donors (Lipinski definition) is 0. The molecule has 0 bridgehead atoms. The van der Waals surface area contributed by atoms with Crippen LogP contribution in [0.2, 0.25) is 0 Å². The molecule has 1 aromatic heterocycles. The second kappa shape index (κ2) is 15.7. The second-order valence-corrected chi connectivity index (χ2v) is 24.1. The fourth-order valence-electron chi connectivity index (χ4n) is 10.4. The van der Waals surface area contributed by atoms with E-state index in [-0.39, 0.29) is 0 Å². The number of ether oxygens (including phenoxy) is 2. The molecule has 2 aliphatic rings. The van der Waals surface area contributed by atoms with Crippen molar-refractivity contribution in [2.24, 2.45) is 0 Å². The molecule has 0 radical (unpaired) electrons. The largest absolute Gasteiger partial charge is 0.457 e. The molecule has 0 fully saturated rings. The number of hydrogen-bond acceptors (Lipinski definition) is 5. The summed E-state index contributed by atoms with van der Waals surface area (Å²) in [6.07, 6.45) is 0. The number of para-hydroxylation sites is 4. The van der Waals surface area contributed by atoms with E-state index in [4.69, 9.17) is 24.4 Å². The topological polar surface area (TPSA) is 57.1 Å². The normalized spacial score (nSPS) is 13.8. The molecule has 308 valence electrons. The SMILES string of the molecule is Cc1ccccc1-c1nc(-c2cccc3c2Oc2ccccc2[Si]3(c2ccccc2)c2ccccc2)nc(-c2cccc3c2Oc2ccccc2[Si]3(c2ccccc2)c2ccccc2)n1. The zero-order chi connectivity index (χ0) is 43.4. The summed E-state index contributed by atoms with van der Waals surface area (Å²) in [5, 5.41) is 9.79. The predicted molar refractivity (Wildman–Crippen MR) is 268 cm³/mol. The Morgan fingerprint density at radius 3 is 1.00 bits per heavy atom. The van der Waals surface area contributed by atoms with Crippen LogP contribution in [0.3, 0.4) is 0 Å². The van der Waals surface area contributed by atoms with Crippen LogP contribution >= 0.6 is 0 Å². The highest BCUT2D eigenvalue weighted by molar-refractivity contribution is 7.21. The maximum absolute atomic E-state index is 7.15. The molecule has 0 saturated heterocycles. The first-order valence-electron chi connectivity index (χ1n) is 22.0. The van der Waals surface area contributed by atoms with Gasteiger partial charge in [-0.15, -0.1) is 0 Å². The second-order valence-electron chi connectivity index (χ2n) is 16.6. The van der Waals surface area contributed by atoms with Crippen LogP contribution in [0.4, 0.5) is 0 Å². The molecule has 65 heavy (non-hydrogen) atoms. The molecule has 0 atom stereocenters. The van der Waals surface area contributed by atoms with Crippen LogP contribution in [0, 0.1) is 6.92 Å². The first-order chi connectivity index (χ1) is 32.2. The predicted octanol–water partition coefficient (Wildman–Crippen LogP) is 8.15. The summed E-state index contributed by atoms with van der Waals surface area (Å²) in [6.45, 7) is 2.10. The Bertz CT molecular complexity index is 3120. The molecular formula is C58H41N3O2Si2. The van der Waals surface area contributed by atoms with Crippen molar-refractivity contribution in [1.82, 2.24) is 15.0 Å². The van der Waals surface area contributed by atoms with Crippen LogP contribution in [0.1, 0.15) is 5.56 Å². The van der Waals surface area contributed by atoms with E-state index in [1.54, 1.807) is 0 Å². The highest BCUT2D eigenvalue weighted by Crippen LogP contribution is 2.40. The molecule has 0 spiro atoms. The van der Waals surface area contributed by atoms with Crippen LogP contribution < -0.4 is 51.0 Å². The lowest BCUT2D eigenvalue weighted by Crippen LogP contribution is -2.76. The van der Waals surface area contributed by atoms with Gasteiger partial charge in [-0.2, -0.15) is 0 Å². The molecule has 3 heterocycles. The van der Waals surface area contributed by atoms with Gasteiger partial charge in [-0.05, 0) is 78.2 Å². The van der Waals surface area contributed by atoms with Gasteiger partial charge in [0.15, 0.2) is 33.6 Å². The van der Waals surface area contributed by atoms with E-state index in [0.717, 1.165) is 55.6 Å². The van der Waals surface area contributed by atoms with Crippen LogP contribution in [0.15, 0.2) is 231 Å². The lowest BCUT2D eigenvalue weighted by atomic mass is 10.1. The highest BCUT2D eigenvalue weighted by Gasteiger charge is 2.50. The molecule has 2 aliphatic heterocycles. The minimum atomic E-state index is -2.95. The summed E-state index contributed by atoms with van der Waals surface area (Å²) in [5.74, 6) is 4.83. The summed E-state index contributed by atoms with van der Waals surface area (Å²) >= 11 is 0. The third kappa shape index (κ3) is 6.00. The van der Waals surface area contributed by atoms with E-state index in [1.165, 1.54) is 31.1 Å². The average molecular weight is 868 g/mol. The molecule has 0 N–H and O–H groups in total. The standard InChI is InChI=1S/C58H41N3O2Si2/c1-40-22-14-15-31-45(40)56-59-57(46-32-20-38-52-54(46)62-48-34-16-18-36-50(48)64(52,41-23-6-2-7-24-41)42-25-8-3-9-26-42)61-58(60-56)47-33-21-39-53-55(47)63-49-35-17-19-37-51(49)65(53,43-27-10-4-11-28-43)44-29-12-5-13-30-44/h2-39H,1H3. The molecule has 10 aromatic rings. The van der Waals surface area contributed by atoms with E-state index in [0.29, 0.717) is 17.5 Å². The fourth-order valence-corrected chi connectivity index (χ4v) is 20.3. The van der Waals surface area contributed by atoms with E-state index in [1.807, 2.05) is 12.1 Å². The van der Waals surface area contributed by atoms with E-state index < -0.39 is 16.1 Å². The minimum Gasteiger partial charge on any atom is -0.457 e. The number of rotatable bonds is 7. The van der Waals surface area contributed by atoms with E-state index >= 15 is 0 Å². The monoisotopic (exact) mass is 867 g/mol. The van der Waals surface area contributed by atoms with Gasteiger partial charge in [0.1, 0.15) is 23.0 Å². The van der Waals surface area contributed by atoms with Crippen LogP contribution in [0.25, 0.3) is 34.2 Å². The van der Waals surface area contributed by atoms with Crippen LogP contribution in [-0.2, 0) is 0 Å². The first-order valence-corrected chi connectivity index (χ1v) is 26.0. The number of benzene rings is 9. The van der Waals surface area contributed by atoms with Gasteiger partial charge in [0, 0.05) is 5.56 Å². The minimum absolute atomic E-state index is 0.525. The Morgan fingerprint density at radius 2 is 0.600 bits per heavy atom. The Morgan fingerprint density at radius 1 is 0.292 bits per heavy atom. The van der Waals surface area contributed by atoms with Gasteiger partial charge in [-0.1, -0.05) is 206 Å². The van der Waals surface area contributed by atoms with Crippen molar-refractivity contribution in [3.05, 3.63) is 236 Å². The highest BCUT2D eigenvalue weighted by atomic mass is 28.3. The summed E-state index contributed by atoms with van der Waals surface area (Å²) in [6, 6.07) is 82.1. The Balaban J connectivity index is 1.14. The lowest BCUT2D eigenvalue weighted by molar-refractivity contribution is 0.488. The average Bonchev–Trinajstić information content (AvgIpc) is 3.38. The molecule has 0 amide bonds. The summed E-state index contributed by atoms with van der Waals surface area (Å²) in [5.41, 5.74) is 3.59. The third-order valence-electron chi connectivity index (χ3n) is 13.2. The lowest BCUT2D eigenvalue weighted by Gasteiger charge is -2.40.